The molecule has 7 heteroatoms. The van der Waals surface area contributed by atoms with Crippen molar-refractivity contribution in [3.63, 3.8) is 0 Å². The van der Waals surface area contributed by atoms with Crippen LogP contribution in [0.3, 0.4) is 0 Å². The predicted molar refractivity (Wildman–Crippen MR) is 114 cm³/mol. The van der Waals surface area contributed by atoms with Crippen LogP contribution < -0.4 is 4.74 Å². The molecule has 1 aliphatic rings. The number of hydrogen-bond donors (Lipinski definition) is 2. The average molecular weight is 422 g/mol. The minimum atomic E-state index is -4.00. The van der Waals surface area contributed by atoms with Gasteiger partial charge in [-0.2, -0.15) is 8.42 Å². The second-order valence-corrected chi connectivity index (χ2v) is 9.07. The Balaban J connectivity index is 0.000000253. The molecule has 160 valence electrons. The van der Waals surface area contributed by atoms with E-state index in [0.29, 0.717) is 5.92 Å². The highest BCUT2D eigenvalue weighted by Gasteiger charge is 2.40. The maximum Gasteiger partial charge on any atom is 0.294 e. The van der Waals surface area contributed by atoms with Crippen LogP contribution in [-0.4, -0.2) is 50.7 Å². The van der Waals surface area contributed by atoms with E-state index in [2.05, 4.69) is 19.0 Å². The number of rotatable bonds is 5. The summed E-state index contributed by atoms with van der Waals surface area (Å²) in [6, 6.07) is 15.3. The summed E-state index contributed by atoms with van der Waals surface area (Å²) in [4.78, 5) is 2.09. The third-order valence-electron chi connectivity index (χ3n) is 5.23. The molecular formula is C22H31NO5S. The van der Waals surface area contributed by atoms with Crippen LogP contribution in [0.4, 0.5) is 0 Å². The Bertz CT molecular complexity index is 870. The first-order valence-electron chi connectivity index (χ1n) is 9.71. The molecule has 0 bridgehead atoms. The zero-order valence-corrected chi connectivity index (χ0v) is 18.1. The van der Waals surface area contributed by atoms with Gasteiger partial charge in [-0.3, -0.25) is 4.55 Å². The summed E-state index contributed by atoms with van der Waals surface area (Å²) >= 11 is 0. The molecule has 2 N–H and O–H groups in total. The summed E-state index contributed by atoms with van der Waals surface area (Å²) in [7, 11) is 1.81. The Morgan fingerprint density at radius 1 is 1.10 bits per heavy atom. The number of benzene rings is 2. The lowest BCUT2D eigenvalue weighted by Crippen LogP contribution is -2.43. The maximum atomic E-state index is 11.2. The van der Waals surface area contributed by atoms with Crippen molar-refractivity contribution in [2.45, 2.75) is 36.2 Å². The molecule has 29 heavy (non-hydrogen) atoms. The lowest BCUT2D eigenvalue weighted by atomic mass is 9.71. The minimum absolute atomic E-state index is 0.0741. The molecule has 3 rings (SSSR count). The fourth-order valence-corrected chi connectivity index (χ4v) is 4.28. The summed E-state index contributed by atoms with van der Waals surface area (Å²) in [6.45, 7) is 0.924. The standard InChI is InChI=1S/C16H25NO2.C6H6O3S/c1-17(2)12-14-7-4-5-10-16(14,18)13-8-6-9-15(11-13)19-3;7-10(8,9)6-4-2-1-3-5-6/h6,8-9,11,14,18H,4-5,7,10,12H2,1-3H3;1-5H,(H,7,8,9)/t14-,16+;/m1./s1. The van der Waals surface area contributed by atoms with E-state index in [9.17, 15) is 13.5 Å². The van der Waals surface area contributed by atoms with Crippen molar-refractivity contribution in [2.24, 2.45) is 5.92 Å². The molecule has 6 nitrogen and oxygen atoms in total. The summed E-state index contributed by atoms with van der Waals surface area (Å²) in [5, 5.41) is 11.2. The van der Waals surface area contributed by atoms with Gasteiger partial charge in [0.15, 0.2) is 0 Å². The average Bonchev–Trinajstić information content (AvgIpc) is 2.70. The molecule has 1 saturated carbocycles. The summed E-state index contributed by atoms with van der Waals surface area (Å²) < 4.78 is 34.5. The van der Waals surface area contributed by atoms with Crippen molar-refractivity contribution in [2.75, 3.05) is 27.7 Å². The molecule has 0 saturated heterocycles. The summed E-state index contributed by atoms with van der Waals surface area (Å²) in [5.74, 6) is 1.11. The van der Waals surface area contributed by atoms with E-state index >= 15 is 0 Å². The van der Waals surface area contributed by atoms with Gasteiger partial charge in [-0.05, 0) is 56.8 Å². The first-order chi connectivity index (χ1) is 13.7. The van der Waals surface area contributed by atoms with E-state index in [1.165, 1.54) is 18.6 Å². The van der Waals surface area contributed by atoms with E-state index in [1.807, 2.05) is 24.3 Å². The van der Waals surface area contributed by atoms with Crippen LogP contribution >= 0.6 is 0 Å². The Morgan fingerprint density at radius 2 is 1.79 bits per heavy atom. The van der Waals surface area contributed by atoms with Crippen LogP contribution in [0.1, 0.15) is 31.2 Å². The molecule has 0 heterocycles. The lowest BCUT2D eigenvalue weighted by Gasteiger charge is -2.41. The molecule has 0 radical (unpaired) electrons. The van der Waals surface area contributed by atoms with Crippen LogP contribution in [0.15, 0.2) is 59.5 Å². The zero-order valence-electron chi connectivity index (χ0n) is 17.3. The quantitative estimate of drug-likeness (QED) is 0.718. The number of nitrogens with zero attached hydrogens (tertiary/aromatic N) is 1. The Morgan fingerprint density at radius 3 is 2.34 bits per heavy atom. The van der Waals surface area contributed by atoms with Gasteiger partial charge in [-0.25, -0.2) is 0 Å². The van der Waals surface area contributed by atoms with Gasteiger partial charge in [0.25, 0.3) is 10.1 Å². The minimum Gasteiger partial charge on any atom is -0.497 e. The van der Waals surface area contributed by atoms with Crippen molar-refractivity contribution < 1.29 is 22.8 Å². The van der Waals surface area contributed by atoms with Crippen LogP contribution in [0.25, 0.3) is 0 Å². The normalized spacial score (nSPS) is 21.9. The molecule has 2 atom stereocenters. The van der Waals surface area contributed by atoms with Crippen LogP contribution in [0.5, 0.6) is 5.75 Å². The topological polar surface area (TPSA) is 87.1 Å². The van der Waals surface area contributed by atoms with Gasteiger partial charge in [-0.1, -0.05) is 43.2 Å². The first-order valence-corrected chi connectivity index (χ1v) is 11.1. The second-order valence-electron chi connectivity index (χ2n) is 7.65. The van der Waals surface area contributed by atoms with Gasteiger partial charge >= 0.3 is 0 Å². The molecule has 1 fully saturated rings. The van der Waals surface area contributed by atoms with Crippen LogP contribution in [-0.2, 0) is 15.7 Å². The molecule has 0 unspecified atom stereocenters. The van der Waals surface area contributed by atoms with Gasteiger partial charge in [0.2, 0.25) is 0 Å². The molecule has 1 aliphatic carbocycles. The monoisotopic (exact) mass is 421 g/mol. The van der Waals surface area contributed by atoms with Gasteiger partial charge in [0, 0.05) is 12.5 Å². The highest BCUT2D eigenvalue weighted by atomic mass is 32.2. The van der Waals surface area contributed by atoms with E-state index < -0.39 is 15.7 Å². The Labute approximate surface area is 173 Å². The fraction of sp³-hybridized carbons (Fsp3) is 0.455. The molecule has 0 spiro atoms. The van der Waals surface area contributed by atoms with E-state index in [-0.39, 0.29) is 4.90 Å². The summed E-state index contributed by atoms with van der Waals surface area (Å²) in [5.41, 5.74) is 0.287. The van der Waals surface area contributed by atoms with E-state index in [1.54, 1.807) is 25.3 Å². The lowest BCUT2D eigenvalue weighted by molar-refractivity contribution is -0.0619. The van der Waals surface area contributed by atoms with E-state index in [4.69, 9.17) is 9.29 Å². The molecular weight excluding hydrogens is 390 g/mol. The molecule has 0 amide bonds. The maximum absolute atomic E-state index is 11.2. The number of methoxy groups -OCH3 is 1. The van der Waals surface area contributed by atoms with Gasteiger partial charge < -0.3 is 14.7 Å². The van der Waals surface area contributed by atoms with E-state index in [0.717, 1.165) is 37.1 Å². The van der Waals surface area contributed by atoms with Crippen LogP contribution in [0.2, 0.25) is 0 Å². The molecule has 2 aromatic rings. The van der Waals surface area contributed by atoms with Crippen molar-refractivity contribution in [1.29, 1.82) is 0 Å². The number of hydrogen-bond acceptors (Lipinski definition) is 5. The largest absolute Gasteiger partial charge is 0.497 e. The Kier molecular flexibility index (Phi) is 8.22. The van der Waals surface area contributed by atoms with Gasteiger partial charge in [0.1, 0.15) is 5.75 Å². The predicted octanol–water partition coefficient (Wildman–Crippen LogP) is 3.57. The SMILES string of the molecule is COc1cccc([C@@]2(O)CCCC[C@@H]2CN(C)C)c1.O=S(=O)(O)c1ccccc1. The van der Waals surface area contributed by atoms with Gasteiger partial charge in [-0.15, -0.1) is 0 Å². The third-order valence-corrected chi connectivity index (χ3v) is 6.10. The highest BCUT2D eigenvalue weighted by Crippen LogP contribution is 2.42. The second kappa shape index (κ2) is 10.2. The van der Waals surface area contributed by atoms with Crippen molar-refractivity contribution in [3.05, 3.63) is 60.2 Å². The molecule has 0 aliphatic heterocycles. The molecule has 0 aromatic heterocycles. The molecule has 2 aromatic carbocycles. The zero-order chi connectivity index (χ0) is 21.5. The smallest absolute Gasteiger partial charge is 0.294 e. The highest BCUT2D eigenvalue weighted by molar-refractivity contribution is 7.85. The number of ether oxygens (including phenoxy) is 1. The third kappa shape index (κ3) is 6.54. The first kappa shape index (κ1) is 23.3. The van der Waals surface area contributed by atoms with Crippen molar-refractivity contribution >= 4 is 10.1 Å². The van der Waals surface area contributed by atoms with Crippen molar-refractivity contribution in [3.8, 4) is 5.75 Å². The Hall–Kier alpha value is -1.93. The fourth-order valence-electron chi connectivity index (χ4n) is 3.78. The summed E-state index contributed by atoms with van der Waals surface area (Å²) in [6.07, 6.45) is 4.24. The number of aliphatic hydroxyl groups is 1. The van der Waals surface area contributed by atoms with Gasteiger partial charge in [0.05, 0.1) is 17.6 Å². The van der Waals surface area contributed by atoms with Crippen LogP contribution in [0, 0.1) is 5.92 Å². The van der Waals surface area contributed by atoms with Crippen molar-refractivity contribution in [1.82, 2.24) is 4.90 Å².